The number of rotatable bonds is 4. The van der Waals surface area contributed by atoms with E-state index in [1.165, 1.54) is 12.1 Å². The van der Waals surface area contributed by atoms with Gasteiger partial charge in [0.1, 0.15) is 0 Å². The number of carboxylic acids is 1. The van der Waals surface area contributed by atoms with Crippen LogP contribution in [-0.2, 0) is 11.2 Å². The normalized spacial score (nSPS) is 10.1. The number of halogens is 2. The first-order chi connectivity index (χ1) is 7.06. The van der Waals surface area contributed by atoms with Gasteiger partial charge in [-0.1, -0.05) is 11.6 Å². The van der Waals surface area contributed by atoms with Crippen LogP contribution < -0.4 is 4.74 Å². The fourth-order valence-corrected chi connectivity index (χ4v) is 1.37. The Morgan fingerprint density at radius 1 is 1.60 bits per heavy atom. The van der Waals surface area contributed by atoms with Crippen LogP contribution in [0.3, 0.4) is 0 Å². The molecule has 0 aromatic heterocycles. The average Bonchev–Trinajstić information content (AvgIpc) is 2.17. The predicted molar refractivity (Wildman–Crippen MR) is 53.9 cm³/mol. The molecule has 0 amide bonds. The van der Waals surface area contributed by atoms with Crippen LogP contribution in [-0.4, -0.2) is 17.7 Å². The van der Waals surface area contributed by atoms with Gasteiger partial charge in [0.15, 0.2) is 11.6 Å². The Bertz CT molecular complexity index is 379. The number of carbonyl (C=O) groups is 1. The molecular weight excluding hydrogens is 223 g/mol. The average molecular weight is 233 g/mol. The van der Waals surface area contributed by atoms with Gasteiger partial charge in [-0.3, -0.25) is 4.79 Å². The molecule has 0 aliphatic carbocycles. The molecule has 0 aliphatic rings. The van der Waals surface area contributed by atoms with E-state index in [2.05, 4.69) is 0 Å². The third-order valence-electron chi connectivity index (χ3n) is 1.78. The Morgan fingerprint density at radius 2 is 2.27 bits per heavy atom. The van der Waals surface area contributed by atoms with Gasteiger partial charge in [0.05, 0.1) is 13.0 Å². The minimum atomic E-state index is -1.13. The zero-order valence-corrected chi connectivity index (χ0v) is 8.84. The summed E-state index contributed by atoms with van der Waals surface area (Å²) in [5, 5.41) is 8.67. The molecule has 0 unspecified atom stereocenters. The second kappa shape index (κ2) is 4.98. The molecule has 0 aliphatic heterocycles. The Balaban J connectivity index is 3.11. The first kappa shape index (κ1) is 11.8. The molecule has 0 heterocycles. The molecule has 15 heavy (non-hydrogen) atoms. The van der Waals surface area contributed by atoms with Crippen LogP contribution in [0.1, 0.15) is 12.5 Å². The molecule has 0 atom stereocenters. The number of benzene rings is 1. The minimum absolute atomic E-state index is 0.0261. The number of hydrogen-bond acceptors (Lipinski definition) is 2. The Labute approximate surface area is 91.4 Å². The smallest absolute Gasteiger partial charge is 0.307 e. The largest absolute Gasteiger partial charge is 0.491 e. The molecule has 3 nitrogen and oxygen atoms in total. The molecule has 0 bridgehead atoms. The van der Waals surface area contributed by atoms with E-state index in [1.807, 2.05) is 0 Å². The maximum Gasteiger partial charge on any atom is 0.307 e. The summed E-state index contributed by atoms with van der Waals surface area (Å²) < 4.78 is 18.6. The highest BCUT2D eigenvalue weighted by molar-refractivity contribution is 6.31. The van der Waals surface area contributed by atoms with Crippen LogP contribution in [0.15, 0.2) is 12.1 Å². The molecular formula is C10H10ClFO3. The van der Waals surface area contributed by atoms with Crippen molar-refractivity contribution in [3.05, 3.63) is 28.5 Å². The summed E-state index contributed by atoms with van der Waals surface area (Å²) in [5.74, 6) is -1.81. The Hall–Kier alpha value is -1.29. The van der Waals surface area contributed by atoms with Crippen molar-refractivity contribution in [1.29, 1.82) is 0 Å². The monoisotopic (exact) mass is 232 g/mol. The van der Waals surface area contributed by atoms with E-state index in [-0.39, 0.29) is 16.3 Å². The number of aliphatic carboxylic acids is 1. The van der Waals surface area contributed by atoms with Gasteiger partial charge in [0.2, 0.25) is 0 Å². The van der Waals surface area contributed by atoms with Gasteiger partial charge in [-0.2, -0.15) is 0 Å². The van der Waals surface area contributed by atoms with Gasteiger partial charge in [-0.25, -0.2) is 4.39 Å². The lowest BCUT2D eigenvalue weighted by atomic mass is 10.1. The van der Waals surface area contributed by atoms with Crippen LogP contribution in [0.5, 0.6) is 5.75 Å². The maximum absolute atomic E-state index is 13.6. The molecule has 0 spiro atoms. The van der Waals surface area contributed by atoms with E-state index in [1.54, 1.807) is 6.92 Å². The zero-order valence-electron chi connectivity index (χ0n) is 8.09. The van der Waals surface area contributed by atoms with Crippen molar-refractivity contribution in [2.75, 3.05) is 6.61 Å². The highest BCUT2D eigenvalue weighted by Crippen LogP contribution is 2.27. The second-order valence-electron chi connectivity index (χ2n) is 2.84. The highest BCUT2D eigenvalue weighted by Gasteiger charge is 2.15. The van der Waals surface area contributed by atoms with Crippen molar-refractivity contribution in [2.45, 2.75) is 13.3 Å². The first-order valence-corrected chi connectivity index (χ1v) is 4.75. The molecule has 0 saturated carbocycles. The van der Waals surface area contributed by atoms with E-state index in [4.69, 9.17) is 21.4 Å². The molecule has 0 saturated heterocycles. The van der Waals surface area contributed by atoms with E-state index < -0.39 is 18.2 Å². The van der Waals surface area contributed by atoms with Gasteiger partial charge in [0, 0.05) is 10.6 Å². The van der Waals surface area contributed by atoms with Crippen LogP contribution in [0.2, 0.25) is 5.02 Å². The SMILES string of the molecule is CCOc1ccc(Cl)c(CC(=O)O)c1F. The number of carboxylic acid groups (broad SMARTS) is 1. The van der Waals surface area contributed by atoms with Crippen molar-refractivity contribution in [3.63, 3.8) is 0 Å². The van der Waals surface area contributed by atoms with Crippen LogP contribution in [0.4, 0.5) is 4.39 Å². The standard InChI is InChI=1S/C10H10ClFO3/c1-2-15-8-4-3-7(11)6(10(8)12)5-9(13)14/h3-4H,2,5H2,1H3,(H,13,14). The molecule has 0 radical (unpaired) electrons. The topological polar surface area (TPSA) is 46.5 Å². The molecule has 82 valence electrons. The van der Waals surface area contributed by atoms with Gasteiger partial charge in [0.25, 0.3) is 0 Å². The predicted octanol–water partition coefficient (Wildman–Crippen LogP) is 2.50. The van der Waals surface area contributed by atoms with Gasteiger partial charge in [-0.15, -0.1) is 0 Å². The van der Waals surface area contributed by atoms with E-state index >= 15 is 0 Å². The molecule has 5 heteroatoms. The number of hydrogen-bond donors (Lipinski definition) is 1. The fraction of sp³-hybridized carbons (Fsp3) is 0.300. The maximum atomic E-state index is 13.6. The van der Waals surface area contributed by atoms with Crippen molar-refractivity contribution in [1.82, 2.24) is 0 Å². The minimum Gasteiger partial charge on any atom is -0.491 e. The summed E-state index contributed by atoms with van der Waals surface area (Å²) in [5.41, 5.74) is -0.0462. The Morgan fingerprint density at radius 3 is 2.80 bits per heavy atom. The summed E-state index contributed by atoms with van der Waals surface area (Å²) in [6.45, 7) is 2.02. The molecule has 0 fully saturated rings. The highest BCUT2D eigenvalue weighted by atomic mass is 35.5. The number of ether oxygens (including phenoxy) is 1. The van der Waals surface area contributed by atoms with E-state index in [9.17, 15) is 9.18 Å². The van der Waals surface area contributed by atoms with Crippen molar-refractivity contribution >= 4 is 17.6 Å². The zero-order chi connectivity index (χ0) is 11.4. The molecule has 1 rings (SSSR count). The van der Waals surface area contributed by atoms with Crippen molar-refractivity contribution < 1.29 is 19.0 Å². The van der Waals surface area contributed by atoms with E-state index in [0.29, 0.717) is 6.61 Å². The summed E-state index contributed by atoms with van der Waals surface area (Å²) in [4.78, 5) is 10.5. The Kier molecular flexibility index (Phi) is 3.91. The van der Waals surface area contributed by atoms with Crippen LogP contribution in [0, 0.1) is 5.82 Å². The van der Waals surface area contributed by atoms with Crippen molar-refractivity contribution in [3.8, 4) is 5.75 Å². The van der Waals surface area contributed by atoms with Crippen LogP contribution >= 0.6 is 11.6 Å². The summed E-state index contributed by atoms with van der Waals surface area (Å²) in [6, 6.07) is 2.81. The van der Waals surface area contributed by atoms with Gasteiger partial charge >= 0.3 is 5.97 Å². The lowest BCUT2D eigenvalue weighted by molar-refractivity contribution is -0.136. The van der Waals surface area contributed by atoms with Gasteiger partial charge in [-0.05, 0) is 19.1 Å². The lowest BCUT2D eigenvalue weighted by Crippen LogP contribution is -2.05. The van der Waals surface area contributed by atoms with Gasteiger partial charge < -0.3 is 9.84 Å². The summed E-state index contributed by atoms with van der Waals surface area (Å²) in [6.07, 6.45) is -0.453. The van der Waals surface area contributed by atoms with Crippen molar-refractivity contribution in [2.24, 2.45) is 0 Å². The molecule has 1 aromatic carbocycles. The second-order valence-corrected chi connectivity index (χ2v) is 3.25. The van der Waals surface area contributed by atoms with E-state index in [0.717, 1.165) is 0 Å². The lowest BCUT2D eigenvalue weighted by Gasteiger charge is -2.09. The fourth-order valence-electron chi connectivity index (χ4n) is 1.16. The quantitative estimate of drug-likeness (QED) is 0.868. The summed E-state index contributed by atoms with van der Waals surface area (Å²) in [7, 11) is 0. The molecule has 1 N–H and O–H groups in total. The summed E-state index contributed by atoms with van der Waals surface area (Å²) >= 11 is 5.69. The van der Waals surface area contributed by atoms with Crippen LogP contribution in [0.25, 0.3) is 0 Å². The third kappa shape index (κ3) is 2.83. The molecule has 1 aromatic rings. The third-order valence-corrected chi connectivity index (χ3v) is 2.13. The first-order valence-electron chi connectivity index (χ1n) is 4.37.